The van der Waals surface area contributed by atoms with Crippen molar-refractivity contribution in [1.29, 1.82) is 0 Å². The first-order chi connectivity index (χ1) is 9.69. The van der Waals surface area contributed by atoms with Gasteiger partial charge in [-0.3, -0.25) is 9.78 Å². The van der Waals surface area contributed by atoms with Crippen LogP contribution in [0.4, 0.5) is 5.13 Å². The Hall–Kier alpha value is -1.95. The highest BCUT2D eigenvalue weighted by Crippen LogP contribution is 2.22. The number of thiazole rings is 1. The number of methoxy groups -OCH3 is 1. The summed E-state index contributed by atoms with van der Waals surface area (Å²) >= 11 is 1.54. The molecule has 2 aromatic heterocycles. The first-order valence-electron chi connectivity index (χ1n) is 6.36. The molecule has 0 aromatic carbocycles. The van der Waals surface area contributed by atoms with Crippen molar-refractivity contribution in [1.82, 2.24) is 9.97 Å². The Morgan fingerprint density at radius 3 is 3.10 bits per heavy atom. The van der Waals surface area contributed by atoms with Gasteiger partial charge in [0.2, 0.25) is 0 Å². The molecule has 0 saturated heterocycles. The number of carbonyl (C=O) groups is 1. The average molecular weight is 291 g/mol. The molecule has 106 valence electrons. The van der Waals surface area contributed by atoms with Gasteiger partial charge in [0.05, 0.1) is 25.3 Å². The number of nitrogens with zero attached hydrogens (tertiary/aromatic N) is 2. The van der Waals surface area contributed by atoms with E-state index in [4.69, 9.17) is 0 Å². The maximum Gasteiger partial charge on any atom is 0.305 e. The van der Waals surface area contributed by atoms with Crippen molar-refractivity contribution in [2.75, 3.05) is 12.4 Å². The molecule has 5 nitrogen and oxygen atoms in total. The van der Waals surface area contributed by atoms with E-state index >= 15 is 0 Å². The van der Waals surface area contributed by atoms with E-state index in [-0.39, 0.29) is 12.0 Å². The van der Waals surface area contributed by atoms with Crippen molar-refractivity contribution in [3.8, 4) is 0 Å². The van der Waals surface area contributed by atoms with E-state index in [9.17, 15) is 4.79 Å². The lowest BCUT2D eigenvalue weighted by atomic mass is 10.1. The molecular weight excluding hydrogens is 274 g/mol. The second-order valence-electron chi connectivity index (χ2n) is 4.37. The van der Waals surface area contributed by atoms with Gasteiger partial charge >= 0.3 is 5.97 Å². The number of esters is 1. The summed E-state index contributed by atoms with van der Waals surface area (Å²) in [6, 6.07) is 4.08. The van der Waals surface area contributed by atoms with Crippen LogP contribution in [-0.2, 0) is 16.0 Å². The molecule has 1 atom stereocenters. The van der Waals surface area contributed by atoms with Crippen LogP contribution >= 0.6 is 11.3 Å². The van der Waals surface area contributed by atoms with E-state index in [0.29, 0.717) is 12.8 Å². The number of aromatic nitrogens is 2. The fourth-order valence-corrected chi connectivity index (χ4v) is 2.55. The molecule has 0 bridgehead atoms. The maximum absolute atomic E-state index is 11.1. The molecule has 0 aliphatic carbocycles. The van der Waals surface area contributed by atoms with E-state index in [1.54, 1.807) is 6.20 Å². The summed E-state index contributed by atoms with van der Waals surface area (Å²) in [6.07, 6.45) is 4.55. The maximum atomic E-state index is 11.1. The quantitative estimate of drug-likeness (QED) is 0.829. The van der Waals surface area contributed by atoms with Gasteiger partial charge in [-0.05, 0) is 18.6 Å². The molecule has 0 saturated carbocycles. The van der Waals surface area contributed by atoms with Gasteiger partial charge < -0.3 is 10.1 Å². The van der Waals surface area contributed by atoms with Gasteiger partial charge in [0.1, 0.15) is 0 Å². The van der Waals surface area contributed by atoms with Crippen LogP contribution in [0.3, 0.4) is 0 Å². The molecule has 2 rings (SSSR count). The van der Waals surface area contributed by atoms with Crippen molar-refractivity contribution < 1.29 is 9.53 Å². The van der Waals surface area contributed by atoms with E-state index in [2.05, 4.69) is 26.9 Å². The Morgan fingerprint density at radius 2 is 2.40 bits per heavy atom. The minimum absolute atomic E-state index is 0.142. The largest absolute Gasteiger partial charge is 0.469 e. The fourth-order valence-electron chi connectivity index (χ4n) is 1.72. The lowest BCUT2D eigenvalue weighted by molar-refractivity contribution is -0.140. The molecule has 1 unspecified atom stereocenters. The smallest absolute Gasteiger partial charge is 0.305 e. The van der Waals surface area contributed by atoms with E-state index in [1.165, 1.54) is 18.4 Å². The standard InChI is InChI=1S/C14H17N3O2S/c1-10(11-4-3-7-15-8-11)16-14-17-12(9-20-14)5-6-13(18)19-2/h3-4,7-10H,5-6H2,1-2H3,(H,16,17). The summed E-state index contributed by atoms with van der Waals surface area (Å²) in [5.41, 5.74) is 2.01. The third-order valence-corrected chi connectivity index (χ3v) is 3.71. The van der Waals surface area contributed by atoms with Crippen LogP contribution in [0.5, 0.6) is 0 Å². The topological polar surface area (TPSA) is 64.1 Å². The minimum Gasteiger partial charge on any atom is -0.469 e. The molecule has 2 aromatic rings. The van der Waals surface area contributed by atoms with Crippen molar-refractivity contribution in [2.24, 2.45) is 0 Å². The Morgan fingerprint density at radius 1 is 1.55 bits per heavy atom. The minimum atomic E-state index is -0.212. The van der Waals surface area contributed by atoms with E-state index in [0.717, 1.165) is 16.4 Å². The summed E-state index contributed by atoms with van der Waals surface area (Å²) in [5.74, 6) is -0.212. The van der Waals surface area contributed by atoms with Gasteiger partial charge in [0.25, 0.3) is 0 Å². The highest BCUT2D eigenvalue weighted by atomic mass is 32.1. The molecule has 0 radical (unpaired) electrons. The van der Waals surface area contributed by atoms with E-state index < -0.39 is 0 Å². The molecule has 2 heterocycles. The Balaban J connectivity index is 1.91. The Bertz CT molecular complexity index is 557. The molecule has 0 amide bonds. The van der Waals surface area contributed by atoms with Gasteiger partial charge in [-0.25, -0.2) is 4.98 Å². The molecule has 0 fully saturated rings. The number of carbonyl (C=O) groups excluding carboxylic acids is 1. The molecule has 0 spiro atoms. The number of hydrogen-bond acceptors (Lipinski definition) is 6. The van der Waals surface area contributed by atoms with Gasteiger partial charge in [-0.15, -0.1) is 11.3 Å². The third-order valence-electron chi connectivity index (χ3n) is 2.89. The predicted molar refractivity (Wildman–Crippen MR) is 78.7 cm³/mol. The van der Waals surface area contributed by atoms with Gasteiger partial charge in [-0.1, -0.05) is 6.07 Å². The zero-order valence-electron chi connectivity index (χ0n) is 11.5. The first kappa shape index (κ1) is 14.5. The summed E-state index contributed by atoms with van der Waals surface area (Å²) in [5, 5.41) is 6.14. The average Bonchev–Trinajstić information content (AvgIpc) is 2.93. The van der Waals surface area contributed by atoms with Crippen LogP contribution in [0.2, 0.25) is 0 Å². The predicted octanol–water partition coefficient (Wildman–Crippen LogP) is 2.82. The monoisotopic (exact) mass is 291 g/mol. The SMILES string of the molecule is COC(=O)CCc1csc(NC(C)c2cccnc2)n1. The van der Waals surface area contributed by atoms with Crippen LogP contribution in [0.15, 0.2) is 29.9 Å². The second kappa shape index (κ2) is 7.00. The first-order valence-corrected chi connectivity index (χ1v) is 7.24. The Labute approximate surface area is 122 Å². The zero-order chi connectivity index (χ0) is 14.4. The highest BCUT2D eigenvalue weighted by molar-refractivity contribution is 7.13. The molecular formula is C14H17N3O2S. The van der Waals surface area contributed by atoms with Crippen LogP contribution in [0.25, 0.3) is 0 Å². The van der Waals surface area contributed by atoms with Gasteiger partial charge in [0, 0.05) is 24.2 Å². The lowest BCUT2D eigenvalue weighted by Crippen LogP contribution is -2.07. The van der Waals surface area contributed by atoms with Gasteiger partial charge in [-0.2, -0.15) is 0 Å². The number of rotatable bonds is 6. The molecule has 20 heavy (non-hydrogen) atoms. The molecule has 6 heteroatoms. The number of hydrogen-bond donors (Lipinski definition) is 1. The van der Waals surface area contributed by atoms with Crippen LogP contribution in [0, 0.1) is 0 Å². The molecule has 0 aliphatic heterocycles. The summed E-state index contributed by atoms with van der Waals surface area (Å²) < 4.78 is 4.62. The van der Waals surface area contributed by atoms with Crippen LogP contribution in [-0.4, -0.2) is 23.0 Å². The summed E-state index contributed by atoms with van der Waals surface area (Å²) in [7, 11) is 1.39. The molecule has 0 aliphatic rings. The fraction of sp³-hybridized carbons (Fsp3) is 0.357. The van der Waals surface area contributed by atoms with Crippen molar-refractivity contribution in [2.45, 2.75) is 25.8 Å². The van der Waals surface area contributed by atoms with Crippen LogP contribution in [0.1, 0.15) is 30.6 Å². The van der Waals surface area contributed by atoms with Crippen molar-refractivity contribution in [3.63, 3.8) is 0 Å². The molecule has 1 N–H and O–H groups in total. The normalized spacial score (nSPS) is 11.9. The summed E-state index contributed by atoms with van der Waals surface area (Å²) in [4.78, 5) is 19.6. The number of pyridine rings is 1. The Kier molecular flexibility index (Phi) is 5.06. The summed E-state index contributed by atoms with van der Waals surface area (Å²) in [6.45, 7) is 2.06. The zero-order valence-corrected chi connectivity index (χ0v) is 12.3. The number of ether oxygens (including phenoxy) is 1. The van der Waals surface area contributed by atoms with Gasteiger partial charge in [0.15, 0.2) is 5.13 Å². The van der Waals surface area contributed by atoms with Crippen molar-refractivity contribution >= 4 is 22.4 Å². The van der Waals surface area contributed by atoms with E-state index in [1.807, 2.05) is 23.7 Å². The number of aryl methyl sites for hydroxylation is 1. The number of nitrogens with one attached hydrogen (secondary N) is 1. The van der Waals surface area contributed by atoms with Crippen LogP contribution < -0.4 is 5.32 Å². The number of anilines is 1. The van der Waals surface area contributed by atoms with Crippen molar-refractivity contribution in [3.05, 3.63) is 41.2 Å². The second-order valence-corrected chi connectivity index (χ2v) is 5.23. The third kappa shape index (κ3) is 4.03. The lowest BCUT2D eigenvalue weighted by Gasteiger charge is -2.12. The highest BCUT2D eigenvalue weighted by Gasteiger charge is 2.09.